The highest BCUT2D eigenvalue weighted by Gasteiger charge is 2.23. The molecule has 0 aliphatic carbocycles. The van der Waals surface area contributed by atoms with E-state index in [2.05, 4.69) is 30.0 Å². The van der Waals surface area contributed by atoms with Crippen LogP contribution in [0.2, 0.25) is 0 Å². The molecule has 3 heteroatoms. The molecule has 1 fully saturated rings. The van der Waals surface area contributed by atoms with Gasteiger partial charge in [-0.25, -0.2) is 0 Å². The summed E-state index contributed by atoms with van der Waals surface area (Å²) in [7, 11) is 0. The van der Waals surface area contributed by atoms with Gasteiger partial charge in [0.05, 0.1) is 30.5 Å². The summed E-state index contributed by atoms with van der Waals surface area (Å²) in [6, 6.07) is 8.76. The fraction of sp³-hybridized carbons (Fsp3) is 0.500. The number of morpholine rings is 1. The lowest BCUT2D eigenvalue weighted by Gasteiger charge is -2.37. The minimum atomic E-state index is 0.388. The van der Waals surface area contributed by atoms with Crippen LogP contribution in [-0.2, 0) is 4.74 Å². The Kier molecular flexibility index (Phi) is 3.65. The van der Waals surface area contributed by atoms with Crippen LogP contribution >= 0.6 is 0 Å². The maximum atomic E-state index is 9.22. The molecule has 0 bridgehead atoms. The Morgan fingerprint density at radius 3 is 3.06 bits per heavy atom. The Labute approximate surface area is 103 Å². The van der Waals surface area contributed by atoms with Gasteiger partial charge < -0.3 is 9.64 Å². The second-order valence-corrected chi connectivity index (χ2v) is 4.46. The summed E-state index contributed by atoms with van der Waals surface area (Å²) in [5, 5.41) is 9.22. The fourth-order valence-corrected chi connectivity index (χ4v) is 2.30. The van der Waals surface area contributed by atoms with E-state index in [-0.39, 0.29) is 0 Å². The van der Waals surface area contributed by atoms with Gasteiger partial charge in [0, 0.05) is 6.54 Å². The van der Waals surface area contributed by atoms with Crippen LogP contribution in [0.4, 0.5) is 5.69 Å². The third kappa shape index (κ3) is 2.42. The van der Waals surface area contributed by atoms with E-state index in [4.69, 9.17) is 4.74 Å². The topological polar surface area (TPSA) is 36.3 Å². The van der Waals surface area contributed by atoms with E-state index in [9.17, 15) is 5.26 Å². The molecule has 1 heterocycles. The summed E-state index contributed by atoms with van der Waals surface area (Å²) in [4.78, 5) is 2.31. The molecule has 90 valence electrons. The average Bonchev–Trinajstić information content (AvgIpc) is 2.38. The summed E-state index contributed by atoms with van der Waals surface area (Å²) in [6.07, 6.45) is 1.04. The third-order valence-corrected chi connectivity index (χ3v) is 3.28. The molecule has 0 spiro atoms. The molecule has 3 nitrogen and oxygen atoms in total. The molecule has 1 atom stereocenters. The second-order valence-electron chi connectivity index (χ2n) is 4.46. The summed E-state index contributed by atoms with van der Waals surface area (Å²) in [5.41, 5.74) is 2.95. The number of nitrogens with zero attached hydrogens (tertiary/aromatic N) is 2. The highest BCUT2D eigenvalue weighted by molar-refractivity contribution is 5.61. The van der Waals surface area contributed by atoms with Crippen molar-refractivity contribution < 1.29 is 4.74 Å². The average molecular weight is 230 g/mol. The first kappa shape index (κ1) is 11.9. The number of hydrogen-bond donors (Lipinski definition) is 0. The van der Waals surface area contributed by atoms with Gasteiger partial charge in [-0.1, -0.05) is 13.0 Å². The van der Waals surface area contributed by atoms with Crippen molar-refractivity contribution in [3.63, 3.8) is 0 Å². The van der Waals surface area contributed by atoms with E-state index in [1.54, 1.807) is 0 Å². The molecule has 1 aromatic rings. The monoisotopic (exact) mass is 230 g/mol. The van der Waals surface area contributed by atoms with Gasteiger partial charge in [0.1, 0.15) is 6.07 Å². The quantitative estimate of drug-likeness (QED) is 0.783. The van der Waals surface area contributed by atoms with Crippen molar-refractivity contribution in [1.29, 1.82) is 5.26 Å². The van der Waals surface area contributed by atoms with E-state index in [1.165, 1.54) is 0 Å². The third-order valence-electron chi connectivity index (χ3n) is 3.28. The molecule has 1 aliphatic rings. The molecule has 1 aliphatic heterocycles. The highest BCUT2D eigenvalue weighted by Crippen LogP contribution is 2.25. The van der Waals surface area contributed by atoms with Gasteiger partial charge in [-0.05, 0) is 31.0 Å². The Morgan fingerprint density at radius 1 is 1.53 bits per heavy atom. The van der Waals surface area contributed by atoms with Crippen LogP contribution in [0.3, 0.4) is 0 Å². The number of benzene rings is 1. The van der Waals surface area contributed by atoms with Crippen molar-refractivity contribution >= 4 is 5.69 Å². The highest BCUT2D eigenvalue weighted by atomic mass is 16.5. The molecule has 0 amide bonds. The van der Waals surface area contributed by atoms with Crippen LogP contribution < -0.4 is 4.90 Å². The standard InChI is InChI=1S/C14H18N2O/c1-3-13-10-17-7-6-16(13)14-5-4-11(2)8-12(14)9-15/h4-5,8,13H,3,6-7,10H2,1-2H3. The van der Waals surface area contributed by atoms with Gasteiger partial charge in [0.2, 0.25) is 0 Å². The van der Waals surface area contributed by atoms with Gasteiger partial charge in [-0.2, -0.15) is 5.26 Å². The number of hydrogen-bond acceptors (Lipinski definition) is 3. The maximum Gasteiger partial charge on any atom is 0.101 e. The minimum Gasteiger partial charge on any atom is -0.377 e. The Morgan fingerprint density at radius 2 is 2.35 bits per heavy atom. The molecule has 2 rings (SSSR count). The summed E-state index contributed by atoms with van der Waals surface area (Å²) < 4.78 is 5.50. The first-order valence-corrected chi connectivity index (χ1v) is 6.11. The Hall–Kier alpha value is -1.53. The van der Waals surface area contributed by atoms with E-state index in [1.807, 2.05) is 13.0 Å². The van der Waals surface area contributed by atoms with Gasteiger partial charge in [0.15, 0.2) is 0 Å². The Bertz CT molecular complexity index is 436. The minimum absolute atomic E-state index is 0.388. The molecule has 1 saturated heterocycles. The predicted molar refractivity (Wildman–Crippen MR) is 68.1 cm³/mol. The van der Waals surface area contributed by atoms with E-state index < -0.39 is 0 Å². The van der Waals surface area contributed by atoms with Gasteiger partial charge in [-0.3, -0.25) is 0 Å². The predicted octanol–water partition coefficient (Wildman–Crippen LogP) is 2.48. The van der Waals surface area contributed by atoms with Crippen LogP contribution in [0.5, 0.6) is 0 Å². The van der Waals surface area contributed by atoms with E-state index in [0.717, 1.165) is 43.0 Å². The first-order chi connectivity index (χ1) is 8.26. The van der Waals surface area contributed by atoms with Gasteiger partial charge >= 0.3 is 0 Å². The van der Waals surface area contributed by atoms with Gasteiger partial charge in [-0.15, -0.1) is 0 Å². The number of rotatable bonds is 2. The van der Waals surface area contributed by atoms with Crippen molar-refractivity contribution in [1.82, 2.24) is 0 Å². The first-order valence-electron chi connectivity index (χ1n) is 6.11. The smallest absolute Gasteiger partial charge is 0.101 e. The number of ether oxygens (including phenoxy) is 1. The summed E-state index contributed by atoms with van der Waals surface area (Å²) >= 11 is 0. The molecule has 0 aromatic heterocycles. The molecular weight excluding hydrogens is 212 g/mol. The van der Waals surface area contributed by atoms with Crippen LogP contribution in [0.1, 0.15) is 24.5 Å². The zero-order chi connectivity index (χ0) is 12.3. The van der Waals surface area contributed by atoms with Crippen molar-refractivity contribution in [2.45, 2.75) is 26.3 Å². The molecule has 0 radical (unpaired) electrons. The van der Waals surface area contributed by atoms with Crippen LogP contribution in [0, 0.1) is 18.3 Å². The van der Waals surface area contributed by atoms with Gasteiger partial charge in [0.25, 0.3) is 0 Å². The molecule has 1 unspecified atom stereocenters. The summed E-state index contributed by atoms with van der Waals surface area (Å²) in [5.74, 6) is 0. The number of aryl methyl sites for hydroxylation is 1. The SMILES string of the molecule is CCC1COCCN1c1ccc(C)cc1C#N. The lowest BCUT2D eigenvalue weighted by molar-refractivity contribution is 0.0930. The van der Waals surface area contributed by atoms with Crippen molar-refractivity contribution in [3.05, 3.63) is 29.3 Å². The van der Waals surface area contributed by atoms with Crippen LogP contribution in [0.15, 0.2) is 18.2 Å². The largest absolute Gasteiger partial charge is 0.377 e. The van der Waals surface area contributed by atoms with E-state index >= 15 is 0 Å². The molecule has 1 aromatic carbocycles. The van der Waals surface area contributed by atoms with E-state index in [0.29, 0.717) is 6.04 Å². The number of anilines is 1. The molecule has 17 heavy (non-hydrogen) atoms. The van der Waals surface area contributed by atoms with Crippen LogP contribution in [-0.4, -0.2) is 25.8 Å². The van der Waals surface area contributed by atoms with Crippen molar-refractivity contribution in [2.75, 3.05) is 24.7 Å². The zero-order valence-corrected chi connectivity index (χ0v) is 10.4. The zero-order valence-electron chi connectivity index (χ0n) is 10.4. The Balaban J connectivity index is 2.35. The maximum absolute atomic E-state index is 9.22. The van der Waals surface area contributed by atoms with Crippen molar-refractivity contribution in [2.24, 2.45) is 0 Å². The second kappa shape index (κ2) is 5.20. The lowest BCUT2D eigenvalue weighted by Crippen LogP contribution is -2.45. The normalized spacial score (nSPS) is 20.1. The molecule has 0 N–H and O–H groups in total. The molecular formula is C14H18N2O. The number of nitriles is 1. The molecule has 0 saturated carbocycles. The summed E-state index contributed by atoms with van der Waals surface area (Å²) in [6.45, 7) is 6.55. The lowest BCUT2D eigenvalue weighted by atomic mass is 10.1. The fourth-order valence-electron chi connectivity index (χ4n) is 2.30. The van der Waals surface area contributed by atoms with Crippen LogP contribution in [0.25, 0.3) is 0 Å². The van der Waals surface area contributed by atoms with Crippen molar-refractivity contribution in [3.8, 4) is 6.07 Å².